The molecule has 1 amide bonds. The highest BCUT2D eigenvalue weighted by Gasteiger charge is 2.19. The normalized spacial score (nSPS) is 10.6. The van der Waals surface area contributed by atoms with Crippen molar-refractivity contribution >= 4 is 17.3 Å². The molecule has 0 saturated carbocycles. The molecule has 0 radical (unpaired) electrons. The number of hydrogen-bond donors (Lipinski definition) is 2. The maximum absolute atomic E-state index is 11.6. The predicted molar refractivity (Wildman–Crippen MR) is 126 cm³/mol. The first-order chi connectivity index (χ1) is 16.0. The number of nitrogens with zero attached hydrogens (tertiary/aromatic N) is 2. The summed E-state index contributed by atoms with van der Waals surface area (Å²) in [5.41, 5.74) is 4.23. The minimum Gasteiger partial charge on any atom is -0.493 e. The van der Waals surface area contributed by atoms with E-state index in [9.17, 15) is 14.9 Å². The van der Waals surface area contributed by atoms with Crippen LogP contribution in [-0.2, 0) is 11.2 Å². The molecular weight excluding hydrogens is 420 g/mol. The number of nitrogens with one attached hydrogen (secondary N) is 2. The minimum absolute atomic E-state index is 0.0623. The summed E-state index contributed by atoms with van der Waals surface area (Å²) >= 11 is 0. The van der Waals surface area contributed by atoms with Crippen molar-refractivity contribution in [2.75, 3.05) is 11.9 Å². The summed E-state index contributed by atoms with van der Waals surface area (Å²) in [6.07, 6.45) is 4.04. The molecule has 1 heterocycles. The first-order valence-corrected chi connectivity index (χ1v) is 10.4. The van der Waals surface area contributed by atoms with Gasteiger partial charge in [0.05, 0.1) is 41.0 Å². The Morgan fingerprint density at radius 2 is 1.88 bits per heavy atom. The molecule has 4 rings (SSSR count). The molecule has 2 N–H and O–H groups in total. The van der Waals surface area contributed by atoms with Gasteiger partial charge in [-0.15, -0.1) is 0 Å². The molecule has 0 atom stereocenters. The van der Waals surface area contributed by atoms with Gasteiger partial charge in [-0.2, -0.15) is 0 Å². The molecule has 33 heavy (non-hydrogen) atoms. The number of amides is 1. The number of nitro groups is 1. The topological polar surface area (TPSA) is 110 Å². The summed E-state index contributed by atoms with van der Waals surface area (Å²) < 4.78 is 6.01. The number of H-pyrrole nitrogens is 1. The van der Waals surface area contributed by atoms with Gasteiger partial charge >= 0.3 is 0 Å². The van der Waals surface area contributed by atoms with Crippen molar-refractivity contribution in [3.8, 4) is 28.1 Å². The molecule has 0 spiro atoms. The van der Waals surface area contributed by atoms with Gasteiger partial charge in [0, 0.05) is 25.0 Å². The van der Waals surface area contributed by atoms with Crippen LogP contribution >= 0.6 is 0 Å². The number of benzene rings is 3. The molecule has 0 unspecified atom stereocenters. The average Bonchev–Trinajstić information content (AvgIpc) is 3.34. The van der Waals surface area contributed by atoms with Crippen molar-refractivity contribution in [1.29, 1.82) is 0 Å². The fourth-order valence-corrected chi connectivity index (χ4v) is 3.62. The van der Waals surface area contributed by atoms with Crippen molar-refractivity contribution in [2.45, 2.75) is 13.3 Å². The fraction of sp³-hybridized carbons (Fsp3) is 0.120. The molecular formula is C25H22N4O4. The zero-order valence-corrected chi connectivity index (χ0v) is 17.9. The van der Waals surface area contributed by atoms with E-state index >= 15 is 0 Å². The smallest absolute Gasteiger partial charge is 0.279 e. The second kappa shape index (κ2) is 9.78. The monoisotopic (exact) mass is 442 g/mol. The Morgan fingerprint density at radius 3 is 2.58 bits per heavy atom. The standard InChI is InChI=1S/C25H22N4O4/c1-17(30)28-21-6-4-7-23(29(31)32)25(21)19-11-9-18(10-12-19)13-14-33-24-8-3-2-5-20(24)22-15-26-16-27-22/h2-12,15-16H,13-14H2,1H3,(H,26,27)(H,28,30). The largest absolute Gasteiger partial charge is 0.493 e. The lowest BCUT2D eigenvalue weighted by atomic mass is 9.99. The van der Waals surface area contributed by atoms with Crippen LogP contribution in [0, 0.1) is 10.1 Å². The van der Waals surface area contributed by atoms with Crippen LogP contribution in [-0.4, -0.2) is 27.4 Å². The lowest BCUT2D eigenvalue weighted by Gasteiger charge is -2.12. The third-order valence-electron chi connectivity index (χ3n) is 5.12. The number of hydrogen-bond acceptors (Lipinski definition) is 5. The number of ether oxygens (including phenoxy) is 1. The molecule has 8 nitrogen and oxygen atoms in total. The molecule has 0 aliphatic heterocycles. The highest BCUT2D eigenvalue weighted by molar-refractivity contribution is 5.96. The Morgan fingerprint density at radius 1 is 1.09 bits per heavy atom. The van der Waals surface area contributed by atoms with E-state index in [1.807, 2.05) is 48.5 Å². The van der Waals surface area contributed by atoms with E-state index < -0.39 is 4.92 Å². The molecule has 8 heteroatoms. The summed E-state index contributed by atoms with van der Waals surface area (Å²) in [6.45, 7) is 1.84. The van der Waals surface area contributed by atoms with Gasteiger partial charge in [-0.25, -0.2) is 4.98 Å². The molecule has 4 aromatic rings. The SMILES string of the molecule is CC(=O)Nc1cccc([N+](=O)[O-])c1-c1ccc(CCOc2ccccc2-c2cnc[nH]2)cc1. The van der Waals surface area contributed by atoms with Gasteiger partial charge in [-0.3, -0.25) is 14.9 Å². The lowest BCUT2D eigenvalue weighted by Crippen LogP contribution is -2.08. The van der Waals surface area contributed by atoms with Crippen LogP contribution in [0.15, 0.2) is 79.3 Å². The van der Waals surface area contributed by atoms with Crippen LogP contribution in [0.3, 0.4) is 0 Å². The van der Waals surface area contributed by atoms with Crippen LogP contribution in [0.5, 0.6) is 5.75 Å². The fourth-order valence-electron chi connectivity index (χ4n) is 3.62. The summed E-state index contributed by atoms with van der Waals surface area (Å²) in [4.78, 5) is 29.8. The number of nitro benzene ring substituents is 1. The molecule has 1 aromatic heterocycles. The first-order valence-electron chi connectivity index (χ1n) is 10.4. The van der Waals surface area contributed by atoms with Crippen molar-refractivity contribution in [3.05, 3.63) is 94.9 Å². The lowest BCUT2D eigenvalue weighted by molar-refractivity contribution is -0.384. The Labute approximate surface area is 190 Å². The van der Waals surface area contributed by atoms with Gasteiger partial charge in [0.1, 0.15) is 5.75 Å². The number of aromatic nitrogens is 2. The predicted octanol–water partition coefficient (Wildman–Crippen LogP) is 5.23. The zero-order chi connectivity index (χ0) is 23.2. The maximum atomic E-state index is 11.6. The Hall–Kier alpha value is -4.46. The van der Waals surface area contributed by atoms with E-state index in [1.165, 1.54) is 13.0 Å². The molecule has 0 bridgehead atoms. The van der Waals surface area contributed by atoms with E-state index in [1.54, 1.807) is 24.7 Å². The van der Waals surface area contributed by atoms with Crippen molar-refractivity contribution in [3.63, 3.8) is 0 Å². The zero-order valence-electron chi connectivity index (χ0n) is 17.9. The molecule has 0 saturated heterocycles. The number of carbonyl (C=O) groups is 1. The third-order valence-corrected chi connectivity index (χ3v) is 5.12. The van der Waals surface area contributed by atoms with E-state index in [-0.39, 0.29) is 11.6 Å². The maximum Gasteiger partial charge on any atom is 0.279 e. The van der Waals surface area contributed by atoms with Crippen LogP contribution in [0.2, 0.25) is 0 Å². The van der Waals surface area contributed by atoms with Crippen LogP contribution in [0.1, 0.15) is 12.5 Å². The first kappa shape index (κ1) is 21.8. The average molecular weight is 442 g/mol. The molecule has 166 valence electrons. The van der Waals surface area contributed by atoms with Crippen molar-refractivity contribution in [2.24, 2.45) is 0 Å². The number of aromatic amines is 1. The van der Waals surface area contributed by atoms with E-state index in [4.69, 9.17) is 4.74 Å². The summed E-state index contributed by atoms with van der Waals surface area (Å²) in [7, 11) is 0. The van der Waals surface area contributed by atoms with Crippen LogP contribution < -0.4 is 10.1 Å². The Kier molecular flexibility index (Phi) is 6.45. The quantitative estimate of drug-likeness (QED) is 0.287. The highest BCUT2D eigenvalue weighted by atomic mass is 16.6. The molecule has 0 aliphatic carbocycles. The summed E-state index contributed by atoms with van der Waals surface area (Å²) in [5.74, 6) is 0.471. The van der Waals surface area contributed by atoms with E-state index in [0.29, 0.717) is 29.8 Å². The molecule has 0 aliphatic rings. The number of imidazole rings is 1. The summed E-state index contributed by atoms with van der Waals surface area (Å²) in [5, 5.41) is 14.2. The van der Waals surface area contributed by atoms with Crippen LogP contribution in [0.25, 0.3) is 22.4 Å². The number of para-hydroxylation sites is 1. The van der Waals surface area contributed by atoms with Gasteiger partial charge in [0.25, 0.3) is 5.69 Å². The number of carbonyl (C=O) groups excluding carboxylic acids is 1. The van der Waals surface area contributed by atoms with Gasteiger partial charge < -0.3 is 15.0 Å². The second-order valence-corrected chi connectivity index (χ2v) is 7.39. The van der Waals surface area contributed by atoms with Gasteiger partial charge in [-0.05, 0) is 29.3 Å². The van der Waals surface area contributed by atoms with Gasteiger partial charge in [0.15, 0.2) is 0 Å². The molecule has 3 aromatic carbocycles. The molecule has 0 fully saturated rings. The second-order valence-electron chi connectivity index (χ2n) is 7.39. The van der Waals surface area contributed by atoms with Crippen molar-refractivity contribution in [1.82, 2.24) is 9.97 Å². The van der Waals surface area contributed by atoms with Crippen LogP contribution in [0.4, 0.5) is 11.4 Å². The number of anilines is 1. The highest BCUT2D eigenvalue weighted by Crippen LogP contribution is 2.37. The van der Waals surface area contributed by atoms with Gasteiger partial charge in [-0.1, -0.05) is 42.5 Å². The Balaban J connectivity index is 1.50. The summed E-state index contributed by atoms with van der Waals surface area (Å²) in [6, 6.07) is 19.9. The van der Waals surface area contributed by atoms with Crippen molar-refractivity contribution < 1.29 is 14.5 Å². The Bertz CT molecular complexity index is 1270. The minimum atomic E-state index is -0.445. The number of rotatable bonds is 8. The van der Waals surface area contributed by atoms with E-state index in [0.717, 1.165) is 22.6 Å². The van der Waals surface area contributed by atoms with E-state index in [2.05, 4.69) is 15.3 Å². The third kappa shape index (κ3) is 5.07. The van der Waals surface area contributed by atoms with Gasteiger partial charge in [0.2, 0.25) is 5.91 Å².